The number of ether oxygens (including phenoxy) is 1. The third-order valence-electron chi connectivity index (χ3n) is 2.33. The van der Waals surface area contributed by atoms with E-state index in [9.17, 15) is 0 Å². The second kappa shape index (κ2) is 4.38. The molecule has 1 aromatic heterocycles. The molecule has 2 heterocycles. The monoisotopic (exact) mass is 212 g/mol. The topological polar surface area (TPSA) is 34.1 Å². The Morgan fingerprint density at radius 1 is 1.64 bits per heavy atom. The van der Waals surface area contributed by atoms with E-state index in [2.05, 4.69) is 29.5 Å². The molecule has 0 spiro atoms. The van der Waals surface area contributed by atoms with Gasteiger partial charge < -0.3 is 10.1 Å². The average molecular weight is 212 g/mol. The molecule has 1 aliphatic rings. The van der Waals surface area contributed by atoms with Crippen LogP contribution in [0.15, 0.2) is 5.38 Å². The van der Waals surface area contributed by atoms with E-state index < -0.39 is 0 Å². The summed E-state index contributed by atoms with van der Waals surface area (Å²) in [5, 5.41) is 6.56. The molecule has 2 rings (SSSR count). The number of rotatable bonds is 2. The van der Waals surface area contributed by atoms with Crippen LogP contribution in [0, 0.1) is 0 Å². The molecular weight excluding hydrogens is 196 g/mol. The highest BCUT2D eigenvalue weighted by Gasteiger charge is 2.19. The smallest absolute Gasteiger partial charge is 0.123 e. The number of nitrogens with zero attached hydrogens (tertiary/aromatic N) is 1. The summed E-state index contributed by atoms with van der Waals surface area (Å²) >= 11 is 1.71. The van der Waals surface area contributed by atoms with Crippen LogP contribution >= 0.6 is 11.3 Å². The largest absolute Gasteiger partial charge is 0.368 e. The number of morpholine rings is 1. The van der Waals surface area contributed by atoms with E-state index in [0.717, 1.165) is 24.7 Å². The van der Waals surface area contributed by atoms with Crippen LogP contribution in [-0.2, 0) is 4.74 Å². The van der Waals surface area contributed by atoms with Gasteiger partial charge in [0.05, 0.1) is 12.3 Å². The molecule has 0 bridgehead atoms. The molecular formula is C10H16N2OS. The first-order chi connectivity index (χ1) is 6.77. The molecule has 3 nitrogen and oxygen atoms in total. The van der Waals surface area contributed by atoms with Crippen molar-refractivity contribution in [3.63, 3.8) is 0 Å². The van der Waals surface area contributed by atoms with Crippen LogP contribution in [0.3, 0.4) is 0 Å². The third kappa shape index (κ3) is 2.13. The van der Waals surface area contributed by atoms with Crippen molar-refractivity contribution < 1.29 is 4.74 Å². The van der Waals surface area contributed by atoms with E-state index in [1.165, 1.54) is 5.69 Å². The van der Waals surface area contributed by atoms with Crippen molar-refractivity contribution in [1.29, 1.82) is 0 Å². The van der Waals surface area contributed by atoms with Gasteiger partial charge in [-0.15, -0.1) is 11.3 Å². The zero-order valence-corrected chi connectivity index (χ0v) is 9.43. The Balaban J connectivity index is 2.07. The minimum absolute atomic E-state index is 0.168. The molecule has 0 saturated carbocycles. The first-order valence-corrected chi connectivity index (χ1v) is 5.93. The molecule has 1 fully saturated rings. The summed E-state index contributed by atoms with van der Waals surface area (Å²) < 4.78 is 5.64. The second-order valence-electron chi connectivity index (χ2n) is 3.83. The van der Waals surface area contributed by atoms with Crippen molar-refractivity contribution in [1.82, 2.24) is 10.3 Å². The Kier molecular flexibility index (Phi) is 3.15. The van der Waals surface area contributed by atoms with Crippen molar-refractivity contribution in [2.24, 2.45) is 0 Å². The van der Waals surface area contributed by atoms with Gasteiger partial charge in [0.2, 0.25) is 0 Å². The Labute approximate surface area is 88.5 Å². The molecule has 1 aliphatic heterocycles. The first kappa shape index (κ1) is 10.1. The zero-order valence-electron chi connectivity index (χ0n) is 8.62. The van der Waals surface area contributed by atoms with Gasteiger partial charge in [-0.25, -0.2) is 4.98 Å². The summed E-state index contributed by atoms with van der Waals surface area (Å²) in [6.07, 6.45) is 0.168. The van der Waals surface area contributed by atoms with E-state index in [4.69, 9.17) is 4.74 Å². The molecule has 1 saturated heterocycles. The van der Waals surface area contributed by atoms with E-state index >= 15 is 0 Å². The Hall–Kier alpha value is -0.450. The number of nitrogens with one attached hydrogen (secondary N) is 1. The van der Waals surface area contributed by atoms with Gasteiger partial charge in [-0.05, 0) is 5.92 Å². The lowest BCUT2D eigenvalue weighted by molar-refractivity contribution is 0.0274. The summed E-state index contributed by atoms with van der Waals surface area (Å²) in [6.45, 7) is 6.98. The fourth-order valence-electron chi connectivity index (χ4n) is 1.44. The highest BCUT2D eigenvalue weighted by atomic mass is 32.1. The van der Waals surface area contributed by atoms with Crippen LogP contribution in [0.2, 0.25) is 0 Å². The second-order valence-corrected chi connectivity index (χ2v) is 4.72. The SMILES string of the molecule is CC(C)c1csc(C2CNCCO2)n1. The summed E-state index contributed by atoms with van der Waals surface area (Å²) in [7, 11) is 0. The molecule has 78 valence electrons. The van der Waals surface area contributed by atoms with Crippen molar-refractivity contribution in [2.45, 2.75) is 25.9 Å². The molecule has 1 atom stereocenters. The van der Waals surface area contributed by atoms with Gasteiger partial charge in [-0.3, -0.25) is 0 Å². The molecule has 0 aliphatic carbocycles. The molecule has 0 amide bonds. The summed E-state index contributed by atoms with van der Waals surface area (Å²) in [5.74, 6) is 0.511. The standard InChI is InChI=1S/C10H16N2OS/c1-7(2)8-6-14-10(12-8)9-5-11-3-4-13-9/h6-7,9,11H,3-5H2,1-2H3. The lowest BCUT2D eigenvalue weighted by Crippen LogP contribution is -2.33. The number of hydrogen-bond acceptors (Lipinski definition) is 4. The van der Waals surface area contributed by atoms with Gasteiger partial charge in [-0.2, -0.15) is 0 Å². The van der Waals surface area contributed by atoms with Gasteiger partial charge in [0.15, 0.2) is 0 Å². The normalized spacial score (nSPS) is 22.9. The van der Waals surface area contributed by atoms with Gasteiger partial charge in [0.25, 0.3) is 0 Å². The van der Waals surface area contributed by atoms with Crippen LogP contribution in [0.25, 0.3) is 0 Å². The summed E-state index contributed by atoms with van der Waals surface area (Å²) in [4.78, 5) is 4.59. The van der Waals surface area contributed by atoms with E-state index in [1.54, 1.807) is 11.3 Å². The van der Waals surface area contributed by atoms with Crippen LogP contribution in [-0.4, -0.2) is 24.7 Å². The van der Waals surface area contributed by atoms with Crippen molar-refractivity contribution in [3.8, 4) is 0 Å². The molecule has 4 heteroatoms. The Bertz CT molecular complexity index is 292. The molecule has 0 aromatic carbocycles. The first-order valence-electron chi connectivity index (χ1n) is 5.05. The minimum atomic E-state index is 0.168. The Morgan fingerprint density at radius 3 is 3.07 bits per heavy atom. The van der Waals surface area contributed by atoms with Crippen LogP contribution in [0.5, 0.6) is 0 Å². The lowest BCUT2D eigenvalue weighted by Gasteiger charge is -2.21. The predicted octanol–water partition coefficient (Wildman–Crippen LogP) is 1.93. The van der Waals surface area contributed by atoms with Gasteiger partial charge in [0, 0.05) is 18.5 Å². The zero-order chi connectivity index (χ0) is 9.97. The summed E-state index contributed by atoms with van der Waals surface area (Å²) in [5.41, 5.74) is 1.18. The molecule has 14 heavy (non-hydrogen) atoms. The van der Waals surface area contributed by atoms with Crippen molar-refractivity contribution >= 4 is 11.3 Å². The predicted molar refractivity (Wildman–Crippen MR) is 57.8 cm³/mol. The highest BCUT2D eigenvalue weighted by Crippen LogP contribution is 2.25. The maximum absolute atomic E-state index is 5.64. The fraction of sp³-hybridized carbons (Fsp3) is 0.700. The van der Waals surface area contributed by atoms with Gasteiger partial charge in [-0.1, -0.05) is 13.8 Å². The Morgan fingerprint density at radius 2 is 2.50 bits per heavy atom. The molecule has 0 radical (unpaired) electrons. The third-order valence-corrected chi connectivity index (χ3v) is 3.29. The number of hydrogen-bond donors (Lipinski definition) is 1. The van der Waals surface area contributed by atoms with E-state index in [0.29, 0.717) is 5.92 Å². The minimum Gasteiger partial charge on any atom is -0.368 e. The fourth-order valence-corrected chi connectivity index (χ4v) is 2.47. The van der Waals surface area contributed by atoms with Crippen LogP contribution in [0.4, 0.5) is 0 Å². The number of thiazole rings is 1. The van der Waals surface area contributed by atoms with Crippen molar-refractivity contribution in [2.75, 3.05) is 19.7 Å². The molecule has 1 unspecified atom stereocenters. The van der Waals surface area contributed by atoms with Gasteiger partial charge in [0.1, 0.15) is 11.1 Å². The lowest BCUT2D eigenvalue weighted by atomic mass is 10.2. The van der Waals surface area contributed by atoms with Gasteiger partial charge >= 0.3 is 0 Å². The van der Waals surface area contributed by atoms with E-state index in [1.807, 2.05) is 0 Å². The maximum atomic E-state index is 5.64. The quantitative estimate of drug-likeness (QED) is 0.813. The molecule has 1 aromatic rings. The number of aromatic nitrogens is 1. The average Bonchev–Trinajstić information content (AvgIpc) is 2.68. The van der Waals surface area contributed by atoms with Crippen LogP contribution in [0.1, 0.15) is 36.6 Å². The highest BCUT2D eigenvalue weighted by molar-refractivity contribution is 7.09. The van der Waals surface area contributed by atoms with E-state index in [-0.39, 0.29) is 6.10 Å². The maximum Gasteiger partial charge on any atom is 0.123 e. The van der Waals surface area contributed by atoms with Crippen LogP contribution < -0.4 is 5.32 Å². The summed E-state index contributed by atoms with van der Waals surface area (Å²) in [6, 6.07) is 0. The molecule has 1 N–H and O–H groups in total. The van der Waals surface area contributed by atoms with Crippen molar-refractivity contribution in [3.05, 3.63) is 16.1 Å².